The van der Waals surface area contributed by atoms with Gasteiger partial charge in [-0.15, -0.1) is 12.4 Å². The first-order valence-corrected chi connectivity index (χ1v) is 7.24. The Morgan fingerprint density at radius 2 is 2.10 bits per heavy atom. The second-order valence-electron chi connectivity index (χ2n) is 5.01. The largest absolute Gasteiger partial charge is 0.496 e. The minimum atomic E-state index is -0.663. The van der Waals surface area contributed by atoms with Crippen LogP contribution in [0, 0.1) is 0 Å². The van der Waals surface area contributed by atoms with Gasteiger partial charge in [-0.1, -0.05) is 18.9 Å². The van der Waals surface area contributed by atoms with Gasteiger partial charge in [0.2, 0.25) is 5.91 Å². The minimum Gasteiger partial charge on any atom is -0.496 e. The molecule has 112 valence electrons. The average Bonchev–Trinajstić information content (AvgIpc) is 2.84. The summed E-state index contributed by atoms with van der Waals surface area (Å²) in [5, 5.41) is 2.92. The second-order valence-corrected chi connectivity index (χ2v) is 5.87. The molecule has 1 fully saturated rings. The summed E-state index contributed by atoms with van der Waals surface area (Å²) in [6, 6.07) is 5.75. The van der Waals surface area contributed by atoms with E-state index in [1.165, 1.54) is 0 Å². The van der Waals surface area contributed by atoms with E-state index in [0.29, 0.717) is 6.54 Å². The number of hydrogen-bond acceptors (Lipinski definition) is 3. The highest BCUT2D eigenvalue weighted by atomic mass is 79.9. The highest BCUT2D eigenvalue weighted by molar-refractivity contribution is 9.10. The summed E-state index contributed by atoms with van der Waals surface area (Å²) in [7, 11) is 1.62. The standard InChI is InChI=1S/C14H19BrN2O2.ClH/c1-19-12-5-4-10(8-11(12)15)9-17-13(18)14(16)6-2-3-7-14;/h4-5,8H,2-3,6-7,9,16H2,1H3,(H,17,18);1H. The molecular formula is C14H20BrClN2O2. The highest BCUT2D eigenvalue weighted by Crippen LogP contribution is 2.28. The summed E-state index contributed by atoms with van der Waals surface area (Å²) in [5.41, 5.74) is 6.45. The van der Waals surface area contributed by atoms with Crippen LogP contribution in [0.5, 0.6) is 5.75 Å². The Bertz CT molecular complexity index is 476. The Kier molecular flexibility index (Phi) is 6.30. The minimum absolute atomic E-state index is 0. The van der Waals surface area contributed by atoms with Crippen molar-refractivity contribution in [3.05, 3.63) is 28.2 Å². The van der Waals surface area contributed by atoms with Crippen LogP contribution in [0.15, 0.2) is 22.7 Å². The van der Waals surface area contributed by atoms with E-state index in [1.807, 2.05) is 18.2 Å². The van der Waals surface area contributed by atoms with Crippen LogP contribution in [0.1, 0.15) is 31.2 Å². The first-order valence-electron chi connectivity index (χ1n) is 6.45. The van der Waals surface area contributed by atoms with Gasteiger partial charge in [0.25, 0.3) is 0 Å². The second kappa shape index (κ2) is 7.29. The van der Waals surface area contributed by atoms with E-state index in [-0.39, 0.29) is 18.3 Å². The first kappa shape index (κ1) is 17.3. The topological polar surface area (TPSA) is 64.3 Å². The van der Waals surface area contributed by atoms with E-state index in [0.717, 1.165) is 41.5 Å². The van der Waals surface area contributed by atoms with Crippen molar-refractivity contribution in [3.63, 3.8) is 0 Å². The van der Waals surface area contributed by atoms with Crippen molar-refractivity contribution in [1.29, 1.82) is 0 Å². The van der Waals surface area contributed by atoms with Crippen molar-refractivity contribution < 1.29 is 9.53 Å². The molecule has 0 aliphatic heterocycles. The lowest BCUT2D eigenvalue weighted by Gasteiger charge is -2.22. The summed E-state index contributed by atoms with van der Waals surface area (Å²) in [5.74, 6) is 0.734. The van der Waals surface area contributed by atoms with E-state index >= 15 is 0 Å². The average molecular weight is 364 g/mol. The van der Waals surface area contributed by atoms with Crippen molar-refractivity contribution in [2.75, 3.05) is 7.11 Å². The van der Waals surface area contributed by atoms with Crippen molar-refractivity contribution in [2.24, 2.45) is 5.73 Å². The van der Waals surface area contributed by atoms with Gasteiger partial charge in [0, 0.05) is 6.54 Å². The summed E-state index contributed by atoms with van der Waals surface area (Å²) in [4.78, 5) is 12.1. The zero-order valence-corrected chi connectivity index (χ0v) is 13.9. The predicted octanol–water partition coefficient (Wildman–Crippen LogP) is 2.77. The molecule has 0 saturated heterocycles. The van der Waals surface area contributed by atoms with Gasteiger partial charge in [-0.25, -0.2) is 0 Å². The fraction of sp³-hybridized carbons (Fsp3) is 0.500. The predicted molar refractivity (Wildman–Crippen MR) is 85.2 cm³/mol. The van der Waals surface area contributed by atoms with Crippen LogP contribution in [0.3, 0.4) is 0 Å². The number of ether oxygens (including phenoxy) is 1. The van der Waals surface area contributed by atoms with Crippen molar-refractivity contribution in [1.82, 2.24) is 5.32 Å². The quantitative estimate of drug-likeness (QED) is 0.864. The number of halogens is 2. The maximum absolute atomic E-state index is 12.1. The Hall–Kier alpha value is -0.780. The van der Waals surface area contributed by atoms with Crippen LogP contribution in [-0.4, -0.2) is 18.6 Å². The third-order valence-corrected chi connectivity index (χ3v) is 4.24. The molecule has 0 unspecified atom stereocenters. The molecule has 3 N–H and O–H groups in total. The molecule has 0 bridgehead atoms. The lowest BCUT2D eigenvalue weighted by atomic mass is 9.98. The third kappa shape index (κ3) is 3.87. The molecule has 1 amide bonds. The molecule has 1 aromatic carbocycles. The van der Waals surface area contributed by atoms with E-state index in [4.69, 9.17) is 10.5 Å². The van der Waals surface area contributed by atoms with Gasteiger partial charge < -0.3 is 15.8 Å². The number of nitrogens with two attached hydrogens (primary N) is 1. The molecule has 1 aliphatic carbocycles. The fourth-order valence-electron chi connectivity index (χ4n) is 2.41. The molecule has 1 aliphatic rings. The van der Waals surface area contributed by atoms with E-state index in [2.05, 4.69) is 21.2 Å². The zero-order valence-electron chi connectivity index (χ0n) is 11.4. The van der Waals surface area contributed by atoms with E-state index in [9.17, 15) is 4.79 Å². The number of nitrogens with one attached hydrogen (secondary N) is 1. The normalized spacial score (nSPS) is 16.4. The zero-order chi connectivity index (χ0) is 13.9. The Morgan fingerprint density at radius 1 is 1.45 bits per heavy atom. The number of benzene rings is 1. The number of amides is 1. The van der Waals surface area contributed by atoms with Crippen molar-refractivity contribution >= 4 is 34.2 Å². The van der Waals surface area contributed by atoms with Gasteiger partial charge in [0.15, 0.2) is 0 Å². The first-order chi connectivity index (χ1) is 9.05. The lowest BCUT2D eigenvalue weighted by Crippen LogP contribution is -2.51. The van der Waals surface area contributed by atoms with Gasteiger partial charge in [-0.05, 0) is 46.5 Å². The van der Waals surface area contributed by atoms with Crippen LogP contribution < -0.4 is 15.8 Å². The number of carbonyl (C=O) groups excluding carboxylic acids is 1. The summed E-state index contributed by atoms with van der Waals surface area (Å²) < 4.78 is 6.05. The summed E-state index contributed by atoms with van der Waals surface area (Å²) >= 11 is 3.43. The van der Waals surface area contributed by atoms with Gasteiger partial charge in [0.1, 0.15) is 5.75 Å². The molecule has 0 aromatic heterocycles. The molecule has 0 spiro atoms. The van der Waals surface area contributed by atoms with E-state index in [1.54, 1.807) is 7.11 Å². The van der Waals surface area contributed by atoms with Crippen molar-refractivity contribution in [2.45, 2.75) is 37.8 Å². The number of hydrogen-bond donors (Lipinski definition) is 2. The van der Waals surface area contributed by atoms with Gasteiger partial charge in [0.05, 0.1) is 17.1 Å². The van der Waals surface area contributed by atoms with Crippen LogP contribution in [0.2, 0.25) is 0 Å². The lowest BCUT2D eigenvalue weighted by molar-refractivity contribution is -0.126. The van der Waals surface area contributed by atoms with E-state index < -0.39 is 5.54 Å². The third-order valence-electron chi connectivity index (χ3n) is 3.62. The summed E-state index contributed by atoms with van der Waals surface area (Å²) in [6.45, 7) is 0.486. The van der Waals surface area contributed by atoms with Gasteiger partial charge in [-0.3, -0.25) is 4.79 Å². The monoisotopic (exact) mass is 362 g/mol. The van der Waals surface area contributed by atoms with Crippen LogP contribution >= 0.6 is 28.3 Å². The molecule has 2 rings (SSSR count). The fourth-order valence-corrected chi connectivity index (χ4v) is 3.00. The maximum Gasteiger partial charge on any atom is 0.240 e. The number of rotatable bonds is 4. The Balaban J connectivity index is 0.00000200. The molecule has 4 nitrogen and oxygen atoms in total. The van der Waals surface area contributed by atoms with Crippen LogP contribution in [0.25, 0.3) is 0 Å². The smallest absolute Gasteiger partial charge is 0.240 e. The number of methoxy groups -OCH3 is 1. The molecule has 20 heavy (non-hydrogen) atoms. The Morgan fingerprint density at radius 3 is 2.65 bits per heavy atom. The molecule has 0 atom stereocenters. The molecule has 6 heteroatoms. The van der Waals surface area contributed by atoms with Gasteiger partial charge >= 0.3 is 0 Å². The highest BCUT2D eigenvalue weighted by Gasteiger charge is 2.36. The molecule has 1 aromatic rings. The molecule has 0 heterocycles. The van der Waals surface area contributed by atoms with Crippen LogP contribution in [-0.2, 0) is 11.3 Å². The summed E-state index contributed by atoms with van der Waals surface area (Å²) in [6.07, 6.45) is 3.65. The SMILES string of the molecule is COc1ccc(CNC(=O)C2(N)CCCC2)cc1Br.Cl. The molecular weight excluding hydrogens is 344 g/mol. The Labute approximate surface area is 134 Å². The number of carbonyl (C=O) groups is 1. The van der Waals surface area contributed by atoms with Crippen LogP contribution in [0.4, 0.5) is 0 Å². The van der Waals surface area contributed by atoms with Crippen molar-refractivity contribution in [3.8, 4) is 5.75 Å². The molecule has 1 saturated carbocycles. The van der Waals surface area contributed by atoms with Gasteiger partial charge in [-0.2, -0.15) is 0 Å². The maximum atomic E-state index is 12.1. The molecule has 0 radical (unpaired) electrons.